The van der Waals surface area contributed by atoms with Gasteiger partial charge in [0.2, 0.25) is 59.1 Å². The SMILES string of the molecule is CCCN1CC(=O)N(C)[C@@H](CCCCNC(=O)CCCCN)C(=O)N[C@@H](Cc2ccc(O)cc2)C(=O)N[C@@H](CCCNC(=N)N)C(=O)NCC(=O)N[C@@H](CC(=O)O)C(=O)N[C@@H](CC(C)C)C(=O)N[C@@H](C)C(=O)N[C@@H](Cc2ccc(O)cc2)C1=O. The van der Waals surface area contributed by atoms with Gasteiger partial charge in [0.05, 0.1) is 19.5 Å². The lowest BCUT2D eigenvalue weighted by Gasteiger charge is -2.33. The number of phenols is 2. The highest BCUT2D eigenvalue weighted by Gasteiger charge is 2.36. The van der Waals surface area contributed by atoms with E-state index in [1.807, 2.05) is 0 Å². The molecule has 28 heteroatoms. The topological polar surface area (TPSA) is 439 Å². The predicted octanol–water partition coefficient (Wildman–Crippen LogP) is -1.79. The van der Waals surface area contributed by atoms with E-state index >= 15 is 0 Å². The van der Waals surface area contributed by atoms with Crippen LogP contribution in [-0.2, 0) is 65.6 Å². The maximum absolute atomic E-state index is 14.9. The first kappa shape index (κ1) is 69.7. The third-order valence-electron chi connectivity index (χ3n) is 13.5. The fourth-order valence-corrected chi connectivity index (χ4v) is 8.97. The van der Waals surface area contributed by atoms with E-state index in [1.165, 1.54) is 67.4 Å². The maximum Gasteiger partial charge on any atom is 0.305 e. The minimum absolute atomic E-state index is 0.0250. The molecule has 84 heavy (non-hydrogen) atoms. The average Bonchev–Trinajstić information content (AvgIpc) is 3.52. The summed E-state index contributed by atoms with van der Waals surface area (Å²) >= 11 is 0. The second kappa shape index (κ2) is 36.1. The van der Waals surface area contributed by atoms with E-state index in [1.54, 1.807) is 20.8 Å². The fraction of sp³-hybridized carbons (Fsp3) is 0.571. The molecule has 17 N–H and O–H groups in total. The van der Waals surface area contributed by atoms with E-state index in [0.717, 1.165) is 4.90 Å². The quantitative estimate of drug-likeness (QED) is 0.0332. The molecule has 2 aromatic rings. The van der Waals surface area contributed by atoms with Gasteiger partial charge in [0.1, 0.15) is 53.8 Å². The Bertz CT molecular complexity index is 2570. The number of amides is 10. The Hall–Kier alpha value is -8.56. The molecule has 0 unspecified atom stereocenters. The van der Waals surface area contributed by atoms with Crippen molar-refractivity contribution in [2.45, 2.75) is 153 Å². The number of carbonyl (C=O) groups is 11. The van der Waals surface area contributed by atoms with Crippen molar-refractivity contribution in [1.29, 1.82) is 5.41 Å². The van der Waals surface area contributed by atoms with Crippen LogP contribution in [0, 0.1) is 11.3 Å². The Balaban J connectivity index is 2.22. The lowest BCUT2D eigenvalue weighted by molar-refractivity contribution is -0.145. The number of aromatic hydroxyl groups is 2. The van der Waals surface area contributed by atoms with Gasteiger partial charge in [-0.1, -0.05) is 45.0 Å². The first-order chi connectivity index (χ1) is 39.8. The summed E-state index contributed by atoms with van der Waals surface area (Å²) in [6.07, 6.45) is 0.940. The van der Waals surface area contributed by atoms with Crippen LogP contribution in [0.4, 0.5) is 0 Å². The number of carbonyl (C=O) groups excluding carboxylic acids is 10. The summed E-state index contributed by atoms with van der Waals surface area (Å²) in [5.41, 5.74) is 12.0. The number of nitrogens with two attached hydrogens (primary N) is 2. The molecule has 0 aliphatic carbocycles. The number of nitrogens with zero attached hydrogens (tertiary/aromatic N) is 2. The minimum atomic E-state index is -1.81. The second-order valence-electron chi connectivity index (χ2n) is 21.1. The van der Waals surface area contributed by atoms with Crippen molar-refractivity contribution in [3.05, 3.63) is 59.7 Å². The molecule has 464 valence electrons. The van der Waals surface area contributed by atoms with Crippen LogP contribution in [0.25, 0.3) is 0 Å². The molecule has 1 saturated heterocycles. The number of aliphatic carboxylic acids is 1. The summed E-state index contributed by atoms with van der Waals surface area (Å²) in [4.78, 5) is 155. The normalized spacial score (nSPS) is 21.4. The summed E-state index contributed by atoms with van der Waals surface area (Å²) in [6.45, 7) is 5.72. The molecule has 1 aliphatic heterocycles. The van der Waals surface area contributed by atoms with Crippen LogP contribution in [0.2, 0.25) is 0 Å². The number of guanidine groups is 1. The zero-order chi connectivity index (χ0) is 62.5. The third kappa shape index (κ3) is 25.3. The molecule has 1 fully saturated rings. The molecule has 1 heterocycles. The van der Waals surface area contributed by atoms with Crippen LogP contribution < -0.4 is 59.3 Å². The zero-order valence-electron chi connectivity index (χ0n) is 48.6. The molecular weight excluding hydrogens is 1090 g/mol. The van der Waals surface area contributed by atoms with Crippen LogP contribution in [0.3, 0.4) is 0 Å². The molecule has 0 aromatic heterocycles. The van der Waals surface area contributed by atoms with Gasteiger partial charge in [0.25, 0.3) is 0 Å². The maximum atomic E-state index is 14.9. The summed E-state index contributed by atoms with van der Waals surface area (Å²) in [6, 6.07) is 1.20. The molecule has 10 amide bonds. The van der Waals surface area contributed by atoms with Crippen molar-refractivity contribution in [2.75, 3.05) is 46.3 Å². The van der Waals surface area contributed by atoms with Crippen LogP contribution in [-0.4, -0.2) is 185 Å². The Morgan fingerprint density at radius 3 is 1.82 bits per heavy atom. The number of hydrogen-bond donors (Lipinski definition) is 15. The fourth-order valence-electron chi connectivity index (χ4n) is 8.97. The lowest BCUT2D eigenvalue weighted by atomic mass is 10.0. The number of carboxylic acid groups (broad SMARTS) is 1. The highest BCUT2D eigenvalue weighted by molar-refractivity contribution is 5.99. The van der Waals surface area contributed by atoms with Crippen LogP contribution in [0.1, 0.15) is 109 Å². The summed E-state index contributed by atoms with van der Waals surface area (Å²) in [5, 5.41) is 60.6. The number of likely N-dealkylation sites (N-methyl/N-ethyl adjacent to an activating group) is 1. The van der Waals surface area contributed by atoms with E-state index in [-0.39, 0.29) is 100 Å². The molecule has 2 aromatic carbocycles. The average molecular weight is 1180 g/mol. The Kier molecular flexibility index (Phi) is 30.0. The van der Waals surface area contributed by atoms with E-state index in [2.05, 4.69) is 47.9 Å². The number of rotatable bonds is 23. The second-order valence-corrected chi connectivity index (χ2v) is 21.1. The van der Waals surface area contributed by atoms with Gasteiger partial charge >= 0.3 is 5.97 Å². The van der Waals surface area contributed by atoms with Gasteiger partial charge in [-0.3, -0.25) is 58.1 Å². The molecule has 28 nitrogen and oxygen atoms in total. The van der Waals surface area contributed by atoms with Crippen molar-refractivity contribution in [2.24, 2.45) is 17.4 Å². The number of benzene rings is 2. The Labute approximate surface area is 489 Å². The van der Waals surface area contributed by atoms with Crippen molar-refractivity contribution in [3.63, 3.8) is 0 Å². The summed E-state index contributed by atoms with van der Waals surface area (Å²) in [5.74, 6) is -10.6. The van der Waals surface area contributed by atoms with Gasteiger partial charge in [-0.05, 0) is 113 Å². The van der Waals surface area contributed by atoms with Gasteiger partial charge in [-0.2, -0.15) is 0 Å². The van der Waals surface area contributed by atoms with E-state index in [0.29, 0.717) is 43.4 Å². The molecule has 1 aliphatic rings. The first-order valence-electron chi connectivity index (χ1n) is 28.3. The van der Waals surface area contributed by atoms with Gasteiger partial charge in [0, 0.05) is 45.9 Å². The molecule has 0 spiro atoms. The highest BCUT2D eigenvalue weighted by Crippen LogP contribution is 2.17. The molecule has 0 bridgehead atoms. The Morgan fingerprint density at radius 1 is 0.679 bits per heavy atom. The van der Waals surface area contributed by atoms with Crippen molar-refractivity contribution in [3.8, 4) is 11.5 Å². The van der Waals surface area contributed by atoms with Gasteiger partial charge in [-0.15, -0.1) is 0 Å². The van der Waals surface area contributed by atoms with Crippen LogP contribution in [0.15, 0.2) is 48.5 Å². The lowest BCUT2D eigenvalue weighted by Crippen LogP contribution is -2.59. The number of nitrogens with one attached hydrogen (secondary N) is 10. The molecule has 3 rings (SSSR count). The van der Waals surface area contributed by atoms with Crippen molar-refractivity contribution >= 4 is 71.0 Å². The van der Waals surface area contributed by atoms with Crippen LogP contribution >= 0.6 is 0 Å². The molecule has 0 radical (unpaired) electrons. The zero-order valence-corrected chi connectivity index (χ0v) is 48.6. The van der Waals surface area contributed by atoms with E-state index < -0.39 is 121 Å². The van der Waals surface area contributed by atoms with E-state index in [4.69, 9.17) is 16.9 Å². The third-order valence-corrected chi connectivity index (χ3v) is 13.5. The number of carboxylic acids is 1. The minimum Gasteiger partial charge on any atom is -0.508 e. The summed E-state index contributed by atoms with van der Waals surface area (Å²) in [7, 11) is 1.34. The van der Waals surface area contributed by atoms with Crippen LogP contribution in [0.5, 0.6) is 11.5 Å². The number of phenolic OH excluding ortho intramolecular Hbond substituents is 2. The first-order valence-corrected chi connectivity index (χ1v) is 28.3. The largest absolute Gasteiger partial charge is 0.508 e. The number of hydrogen-bond acceptors (Lipinski definition) is 15. The molecular formula is C56H86N14O14. The monoisotopic (exact) mass is 1180 g/mol. The van der Waals surface area contributed by atoms with Gasteiger partial charge in [-0.25, -0.2) is 0 Å². The predicted molar refractivity (Wildman–Crippen MR) is 308 cm³/mol. The summed E-state index contributed by atoms with van der Waals surface area (Å²) < 4.78 is 0. The van der Waals surface area contributed by atoms with Gasteiger partial charge < -0.3 is 84.4 Å². The van der Waals surface area contributed by atoms with Crippen molar-refractivity contribution in [1.82, 2.24) is 57.7 Å². The smallest absolute Gasteiger partial charge is 0.305 e. The number of unbranched alkanes of at least 4 members (excludes halogenated alkanes) is 2. The Morgan fingerprint density at radius 2 is 1.24 bits per heavy atom. The standard InChI is InChI=1S/C56H86N14O14/c1-6-26-70-32-47(75)69(5)44(13-8-10-24-60-45(73)14-7-9-23-57)54(83)67-41(28-35-15-19-37(71)20-16-35)52(81)65-39(12-11-25-61-56(58)59)50(79)62-31-46(74)64-42(30-48(76)77)53(82)66-40(27-33(2)3)51(80)63-34(4)49(78)68-43(55(70)84)29-36-17-21-38(72)22-18-36/h15-22,33-34,39-44,71-72H,6-14,23-32,57H2,1-5H3,(H,60,73)(H,62,79)(H,63,80)(H,64,74)(H,65,81)(H,66,82)(H,67,83)(H,68,78)(H,76,77)(H4,58,59,61)/t34-,39-,40-,41-,42-,43-,44-/m0/s1. The van der Waals surface area contributed by atoms with E-state index in [9.17, 15) is 68.1 Å². The molecule has 0 saturated carbocycles. The highest BCUT2D eigenvalue weighted by atomic mass is 16.4. The van der Waals surface area contributed by atoms with Gasteiger partial charge in [0.15, 0.2) is 5.96 Å². The van der Waals surface area contributed by atoms with Crippen molar-refractivity contribution < 1.29 is 68.1 Å². The molecule has 7 atom stereocenters.